The van der Waals surface area contributed by atoms with Crippen molar-refractivity contribution in [3.05, 3.63) is 55.6 Å². The summed E-state index contributed by atoms with van der Waals surface area (Å²) in [6.45, 7) is 2.13. The minimum absolute atomic E-state index is 0.196. The van der Waals surface area contributed by atoms with Crippen LogP contribution in [0.2, 0.25) is 0 Å². The Hall–Kier alpha value is -0.640. The van der Waals surface area contributed by atoms with Crippen molar-refractivity contribution in [3.63, 3.8) is 0 Å². The summed E-state index contributed by atoms with van der Waals surface area (Å²) < 4.78 is 29.3. The SMILES string of the molecule is Cc1cc(CN)cc(S(=O)(=O)Nc2ccc(I)cc2)c1Br. The molecule has 3 N–H and O–H groups in total. The van der Waals surface area contributed by atoms with Gasteiger partial charge in [-0.15, -0.1) is 0 Å². The van der Waals surface area contributed by atoms with Crippen LogP contribution in [0.5, 0.6) is 0 Å². The average Bonchev–Trinajstić information content (AvgIpc) is 2.43. The predicted octanol–water partition coefficient (Wildman–Crippen LogP) is 3.62. The lowest BCUT2D eigenvalue weighted by atomic mass is 10.1. The summed E-state index contributed by atoms with van der Waals surface area (Å²) in [7, 11) is -3.67. The molecule has 21 heavy (non-hydrogen) atoms. The number of aryl methyl sites for hydroxylation is 1. The number of sulfonamides is 1. The first-order valence-electron chi connectivity index (χ1n) is 6.11. The zero-order chi connectivity index (χ0) is 15.6. The number of nitrogens with one attached hydrogen (secondary N) is 1. The molecule has 0 spiro atoms. The Kier molecular flexibility index (Phi) is 5.29. The maximum Gasteiger partial charge on any atom is 0.263 e. The van der Waals surface area contributed by atoms with Gasteiger partial charge < -0.3 is 5.73 Å². The zero-order valence-corrected chi connectivity index (χ0v) is 15.8. The molecule has 0 aliphatic heterocycles. The molecule has 0 atom stereocenters. The Balaban J connectivity index is 2.44. The van der Waals surface area contributed by atoms with E-state index in [0.717, 1.165) is 14.7 Å². The third-order valence-corrected chi connectivity index (χ3v) is 6.34. The molecule has 4 nitrogen and oxygen atoms in total. The van der Waals surface area contributed by atoms with E-state index in [4.69, 9.17) is 5.73 Å². The van der Waals surface area contributed by atoms with E-state index in [-0.39, 0.29) is 4.90 Å². The van der Waals surface area contributed by atoms with Crippen LogP contribution in [-0.4, -0.2) is 8.42 Å². The highest BCUT2D eigenvalue weighted by molar-refractivity contribution is 14.1. The number of hydrogen-bond acceptors (Lipinski definition) is 3. The molecule has 112 valence electrons. The van der Waals surface area contributed by atoms with E-state index in [0.29, 0.717) is 16.7 Å². The first-order valence-corrected chi connectivity index (χ1v) is 9.46. The molecular formula is C14H14BrIN2O2S. The van der Waals surface area contributed by atoms with Crippen LogP contribution in [0.3, 0.4) is 0 Å². The number of halogens is 2. The third-order valence-electron chi connectivity index (χ3n) is 2.90. The highest BCUT2D eigenvalue weighted by Gasteiger charge is 2.20. The van der Waals surface area contributed by atoms with Gasteiger partial charge in [0.05, 0.1) is 0 Å². The van der Waals surface area contributed by atoms with Crippen LogP contribution in [0.25, 0.3) is 0 Å². The molecule has 2 rings (SSSR count). The summed E-state index contributed by atoms with van der Waals surface area (Å²) >= 11 is 5.51. The molecule has 0 saturated carbocycles. The van der Waals surface area contributed by atoms with Crippen LogP contribution in [0.1, 0.15) is 11.1 Å². The number of rotatable bonds is 4. The molecular weight excluding hydrogens is 467 g/mol. The molecule has 2 aromatic rings. The monoisotopic (exact) mass is 480 g/mol. The Bertz CT molecular complexity index is 761. The standard InChI is InChI=1S/C14H14BrIN2O2S/c1-9-6-10(8-17)7-13(14(9)15)21(19,20)18-12-4-2-11(16)3-5-12/h2-7,18H,8,17H2,1H3. The fraction of sp³-hybridized carbons (Fsp3) is 0.143. The van der Waals surface area contributed by atoms with Crippen molar-refractivity contribution < 1.29 is 8.42 Å². The molecule has 0 heterocycles. The van der Waals surface area contributed by atoms with Gasteiger partial charge in [-0.2, -0.15) is 0 Å². The number of benzene rings is 2. The zero-order valence-electron chi connectivity index (χ0n) is 11.2. The molecule has 7 heteroatoms. The van der Waals surface area contributed by atoms with Gasteiger partial charge in [-0.25, -0.2) is 8.42 Å². The van der Waals surface area contributed by atoms with Crippen molar-refractivity contribution >= 4 is 54.2 Å². The van der Waals surface area contributed by atoms with Crippen LogP contribution in [0.15, 0.2) is 45.8 Å². The van der Waals surface area contributed by atoms with E-state index in [9.17, 15) is 8.42 Å². The van der Waals surface area contributed by atoms with E-state index in [2.05, 4.69) is 43.2 Å². The number of nitrogens with two attached hydrogens (primary N) is 1. The molecule has 0 fully saturated rings. The summed E-state index contributed by atoms with van der Waals surface area (Å²) in [6.07, 6.45) is 0. The maximum absolute atomic E-state index is 12.5. The molecule has 0 aliphatic carbocycles. The van der Waals surface area contributed by atoms with E-state index in [1.165, 1.54) is 0 Å². The quantitative estimate of drug-likeness (QED) is 0.656. The molecule has 0 bridgehead atoms. The van der Waals surface area contributed by atoms with Gasteiger partial charge >= 0.3 is 0 Å². The van der Waals surface area contributed by atoms with Gasteiger partial charge in [0.2, 0.25) is 0 Å². The molecule has 0 aromatic heterocycles. The fourth-order valence-electron chi connectivity index (χ4n) is 1.85. The van der Waals surface area contributed by atoms with Crippen molar-refractivity contribution in [2.45, 2.75) is 18.4 Å². The summed E-state index contributed by atoms with van der Waals surface area (Å²) in [6, 6.07) is 10.6. The van der Waals surface area contributed by atoms with Crippen molar-refractivity contribution in [2.75, 3.05) is 4.72 Å². The summed E-state index contributed by atoms with van der Waals surface area (Å²) in [5, 5.41) is 0. The lowest BCUT2D eigenvalue weighted by Gasteiger charge is -2.13. The summed E-state index contributed by atoms with van der Waals surface area (Å²) in [4.78, 5) is 0.196. The van der Waals surface area contributed by atoms with Gasteiger partial charge in [0.25, 0.3) is 10.0 Å². The van der Waals surface area contributed by atoms with Crippen molar-refractivity contribution in [2.24, 2.45) is 5.73 Å². The smallest absolute Gasteiger partial charge is 0.263 e. The minimum atomic E-state index is -3.67. The maximum atomic E-state index is 12.5. The predicted molar refractivity (Wildman–Crippen MR) is 96.7 cm³/mol. The fourth-order valence-corrected chi connectivity index (χ4v) is 4.34. The van der Waals surface area contributed by atoms with Crippen LogP contribution in [0, 0.1) is 10.5 Å². The van der Waals surface area contributed by atoms with Gasteiger partial charge in [0.1, 0.15) is 4.90 Å². The Labute approximate surface area is 146 Å². The minimum Gasteiger partial charge on any atom is -0.326 e. The van der Waals surface area contributed by atoms with Crippen molar-refractivity contribution in [1.82, 2.24) is 0 Å². The van der Waals surface area contributed by atoms with Gasteiger partial charge in [-0.1, -0.05) is 6.07 Å². The molecule has 0 unspecified atom stereocenters. The van der Waals surface area contributed by atoms with E-state index >= 15 is 0 Å². The molecule has 0 amide bonds. The number of hydrogen-bond donors (Lipinski definition) is 2. The van der Waals surface area contributed by atoms with E-state index < -0.39 is 10.0 Å². The van der Waals surface area contributed by atoms with Crippen LogP contribution < -0.4 is 10.5 Å². The second kappa shape index (κ2) is 6.64. The van der Waals surface area contributed by atoms with E-state index in [1.807, 2.05) is 25.1 Å². The topological polar surface area (TPSA) is 72.2 Å². The largest absolute Gasteiger partial charge is 0.326 e. The Morgan fingerprint density at radius 2 is 1.86 bits per heavy atom. The normalized spacial score (nSPS) is 11.4. The lowest BCUT2D eigenvalue weighted by Crippen LogP contribution is -2.15. The highest BCUT2D eigenvalue weighted by Crippen LogP contribution is 2.29. The van der Waals surface area contributed by atoms with Gasteiger partial charge in [0.15, 0.2) is 0 Å². The van der Waals surface area contributed by atoms with Gasteiger partial charge in [0, 0.05) is 20.3 Å². The lowest BCUT2D eigenvalue weighted by molar-refractivity contribution is 0.600. The molecule has 0 aliphatic rings. The van der Waals surface area contributed by atoms with Crippen LogP contribution in [0.4, 0.5) is 5.69 Å². The van der Waals surface area contributed by atoms with Gasteiger partial charge in [-0.05, 0) is 86.9 Å². The summed E-state index contributed by atoms with van der Waals surface area (Å²) in [5.74, 6) is 0. The van der Waals surface area contributed by atoms with Crippen LogP contribution in [-0.2, 0) is 16.6 Å². The highest BCUT2D eigenvalue weighted by atomic mass is 127. The van der Waals surface area contributed by atoms with Crippen LogP contribution >= 0.6 is 38.5 Å². The second-order valence-electron chi connectivity index (χ2n) is 4.54. The first-order chi connectivity index (χ1) is 9.83. The van der Waals surface area contributed by atoms with Crippen molar-refractivity contribution in [3.8, 4) is 0 Å². The van der Waals surface area contributed by atoms with Crippen molar-refractivity contribution in [1.29, 1.82) is 0 Å². The van der Waals surface area contributed by atoms with Gasteiger partial charge in [-0.3, -0.25) is 4.72 Å². The first kappa shape index (κ1) is 16.7. The number of anilines is 1. The summed E-state index contributed by atoms with van der Waals surface area (Å²) in [5.41, 5.74) is 7.76. The molecule has 0 radical (unpaired) electrons. The second-order valence-corrected chi connectivity index (χ2v) is 8.23. The third kappa shape index (κ3) is 3.97. The molecule has 0 saturated heterocycles. The average molecular weight is 481 g/mol. The van der Waals surface area contributed by atoms with E-state index in [1.54, 1.807) is 18.2 Å². The Morgan fingerprint density at radius 1 is 1.24 bits per heavy atom. The molecule has 2 aromatic carbocycles. The Morgan fingerprint density at radius 3 is 2.43 bits per heavy atom.